The molecule has 1 aromatic carbocycles. The first-order valence-corrected chi connectivity index (χ1v) is 7.25. The Labute approximate surface area is 136 Å². The van der Waals surface area contributed by atoms with E-state index >= 15 is 0 Å². The fraction of sp³-hybridized carbons (Fsp3) is 0.467. The molecule has 0 aromatic heterocycles. The first-order valence-electron chi connectivity index (χ1n) is 7.25. The maximum atomic E-state index is 12.0. The number of amides is 3. The van der Waals surface area contributed by atoms with Crippen LogP contribution in [-0.2, 0) is 11.2 Å². The van der Waals surface area contributed by atoms with Crippen LogP contribution in [0.2, 0.25) is 0 Å². The third kappa shape index (κ3) is 4.35. The summed E-state index contributed by atoms with van der Waals surface area (Å²) in [6, 6.07) is 5.38. The number of urea groups is 1. The topological polar surface area (TPSA) is 87.5 Å². The van der Waals surface area contributed by atoms with Crippen LogP contribution in [-0.4, -0.2) is 31.1 Å². The van der Waals surface area contributed by atoms with Gasteiger partial charge in [-0.25, -0.2) is 4.79 Å². The Hall–Kier alpha value is -1.79. The van der Waals surface area contributed by atoms with Gasteiger partial charge in [-0.05, 0) is 38.0 Å². The van der Waals surface area contributed by atoms with Crippen LogP contribution in [0.25, 0.3) is 0 Å². The highest BCUT2D eigenvalue weighted by Gasteiger charge is 2.24. The number of rotatable bonds is 4. The lowest BCUT2D eigenvalue weighted by Crippen LogP contribution is -2.38. The summed E-state index contributed by atoms with van der Waals surface area (Å²) in [5.41, 5.74) is 8.28. The molecular formula is C15H23ClN4O2. The number of anilines is 2. The lowest BCUT2D eigenvalue weighted by Gasteiger charge is -2.18. The van der Waals surface area contributed by atoms with Gasteiger partial charge in [-0.15, -0.1) is 12.4 Å². The average Bonchev–Trinajstić information content (AvgIpc) is 2.81. The fourth-order valence-corrected chi connectivity index (χ4v) is 2.42. The first-order chi connectivity index (χ1) is 10.0. The smallest absolute Gasteiger partial charge is 0.321 e. The summed E-state index contributed by atoms with van der Waals surface area (Å²) in [5, 5.41) is 5.61. The molecule has 3 amide bonds. The second-order valence-electron chi connectivity index (χ2n) is 5.31. The van der Waals surface area contributed by atoms with Crippen LogP contribution >= 0.6 is 12.4 Å². The number of fused-ring (bicyclic) bond motifs is 1. The van der Waals surface area contributed by atoms with Gasteiger partial charge in [-0.3, -0.25) is 9.69 Å². The summed E-state index contributed by atoms with van der Waals surface area (Å²) >= 11 is 0. The van der Waals surface area contributed by atoms with Crippen molar-refractivity contribution in [2.45, 2.75) is 32.7 Å². The van der Waals surface area contributed by atoms with Crippen LogP contribution in [0.4, 0.5) is 16.2 Å². The number of carbonyl (C=O) groups is 2. The SMILES string of the molecule is CCNC(=O)N1CCc2ccc(NC(=O)CC(C)N)cc21.Cl. The minimum Gasteiger partial charge on any atom is -0.338 e. The minimum atomic E-state index is -0.175. The Morgan fingerprint density at radius 2 is 2.14 bits per heavy atom. The highest BCUT2D eigenvalue weighted by Crippen LogP contribution is 2.30. The Balaban J connectivity index is 0.00000242. The van der Waals surface area contributed by atoms with Crippen LogP contribution in [0.1, 0.15) is 25.8 Å². The van der Waals surface area contributed by atoms with Crippen LogP contribution in [0.3, 0.4) is 0 Å². The number of halogens is 1. The molecule has 4 N–H and O–H groups in total. The van der Waals surface area contributed by atoms with Gasteiger partial charge < -0.3 is 16.4 Å². The summed E-state index contributed by atoms with van der Waals surface area (Å²) in [5.74, 6) is -0.118. The molecule has 0 saturated carbocycles. The molecule has 2 rings (SSSR count). The van der Waals surface area contributed by atoms with E-state index in [0.717, 1.165) is 17.7 Å². The summed E-state index contributed by atoms with van der Waals surface area (Å²) in [4.78, 5) is 25.5. The Morgan fingerprint density at radius 3 is 2.77 bits per heavy atom. The normalized spacial score (nSPS) is 13.9. The van der Waals surface area contributed by atoms with Gasteiger partial charge in [0.15, 0.2) is 0 Å². The van der Waals surface area contributed by atoms with Crippen molar-refractivity contribution in [1.82, 2.24) is 5.32 Å². The van der Waals surface area contributed by atoms with E-state index in [2.05, 4.69) is 10.6 Å². The zero-order valence-corrected chi connectivity index (χ0v) is 13.7. The van der Waals surface area contributed by atoms with E-state index in [1.165, 1.54) is 0 Å². The molecule has 1 aromatic rings. The Kier molecular flexibility index (Phi) is 6.64. The minimum absolute atomic E-state index is 0. The van der Waals surface area contributed by atoms with Crippen molar-refractivity contribution in [3.63, 3.8) is 0 Å². The average molecular weight is 327 g/mol. The van der Waals surface area contributed by atoms with Gasteiger partial charge in [0, 0.05) is 31.2 Å². The van der Waals surface area contributed by atoms with Gasteiger partial charge in [-0.1, -0.05) is 6.07 Å². The molecule has 1 aliphatic rings. The van der Waals surface area contributed by atoms with Crippen LogP contribution in [0.15, 0.2) is 18.2 Å². The van der Waals surface area contributed by atoms with Crippen molar-refractivity contribution in [2.24, 2.45) is 5.73 Å². The van der Waals surface area contributed by atoms with Gasteiger partial charge in [0.1, 0.15) is 0 Å². The molecule has 122 valence electrons. The van der Waals surface area contributed by atoms with E-state index in [1.807, 2.05) is 25.1 Å². The van der Waals surface area contributed by atoms with Gasteiger partial charge in [0.05, 0.1) is 5.69 Å². The van der Waals surface area contributed by atoms with Gasteiger partial charge >= 0.3 is 6.03 Å². The van der Waals surface area contributed by atoms with Crippen LogP contribution in [0.5, 0.6) is 0 Å². The Bertz CT molecular complexity index is 548. The summed E-state index contributed by atoms with van der Waals surface area (Å²) < 4.78 is 0. The molecule has 7 heteroatoms. The number of hydrogen-bond donors (Lipinski definition) is 3. The molecule has 1 heterocycles. The highest BCUT2D eigenvalue weighted by atomic mass is 35.5. The molecule has 1 aliphatic heterocycles. The number of nitrogens with two attached hydrogens (primary N) is 1. The maximum Gasteiger partial charge on any atom is 0.321 e. The van der Waals surface area contributed by atoms with Gasteiger partial charge in [0.2, 0.25) is 5.91 Å². The molecule has 0 aliphatic carbocycles. The number of benzene rings is 1. The van der Waals surface area contributed by atoms with Crippen molar-refractivity contribution in [1.29, 1.82) is 0 Å². The lowest BCUT2D eigenvalue weighted by molar-refractivity contribution is -0.116. The molecule has 0 bridgehead atoms. The van der Waals surface area contributed by atoms with E-state index in [1.54, 1.807) is 11.8 Å². The summed E-state index contributed by atoms with van der Waals surface area (Å²) in [6.07, 6.45) is 1.11. The monoisotopic (exact) mass is 326 g/mol. The van der Waals surface area contributed by atoms with Crippen LogP contribution in [0, 0.1) is 0 Å². The molecule has 6 nitrogen and oxygen atoms in total. The first kappa shape index (κ1) is 18.3. The third-order valence-electron chi connectivity index (χ3n) is 3.35. The van der Waals surface area contributed by atoms with Crippen molar-refractivity contribution in [2.75, 3.05) is 23.3 Å². The molecule has 0 saturated heterocycles. The number of carbonyl (C=O) groups excluding carboxylic acids is 2. The summed E-state index contributed by atoms with van der Waals surface area (Å²) in [6.45, 7) is 4.94. The van der Waals surface area contributed by atoms with Crippen molar-refractivity contribution < 1.29 is 9.59 Å². The standard InChI is InChI=1S/C15H22N4O2.ClH/c1-3-17-15(21)19-7-6-11-4-5-12(9-13(11)19)18-14(20)8-10(2)16;/h4-5,9-10H,3,6-8,16H2,1-2H3,(H,17,21)(H,18,20);1H. The highest BCUT2D eigenvalue weighted by molar-refractivity contribution is 5.96. The molecule has 1 unspecified atom stereocenters. The van der Waals surface area contributed by atoms with Crippen LogP contribution < -0.4 is 21.3 Å². The maximum absolute atomic E-state index is 12.0. The van der Waals surface area contributed by atoms with Crippen molar-refractivity contribution in [3.8, 4) is 0 Å². The molecule has 22 heavy (non-hydrogen) atoms. The van der Waals surface area contributed by atoms with Gasteiger partial charge in [0.25, 0.3) is 0 Å². The number of nitrogens with one attached hydrogen (secondary N) is 2. The predicted molar refractivity (Wildman–Crippen MR) is 90.7 cm³/mol. The number of hydrogen-bond acceptors (Lipinski definition) is 3. The Morgan fingerprint density at radius 1 is 1.41 bits per heavy atom. The molecule has 0 spiro atoms. The van der Waals surface area contributed by atoms with E-state index in [4.69, 9.17) is 5.73 Å². The van der Waals surface area contributed by atoms with Gasteiger partial charge in [-0.2, -0.15) is 0 Å². The molecule has 0 fully saturated rings. The largest absolute Gasteiger partial charge is 0.338 e. The van der Waals surface area contributed by atoms with Crippen molar-refractivity contribution >= 4 is 35.7 Å². The molecule has 0 radical (unpaired) electrons. The number of nitrogens with zero attached hydrogens (tertiary/aromatic N) is 1. The second kappa shape index (κ2) is 8.00. The fourth-order valence-electron chi connectivity index (χ4n) is 2.42. The lowest BCUT2D eigenvalue weighted by atomic mass is 10.1. The second-order valence-corrected chi connectivity index (χ2v) is 5.31. The molecule has 1 atom stereocenters. The summed E-state index contributed by atoms with van der Waals surface area (Å²) in [7, 11) is 0. The quantitative estimate of drug-likeness (QED) is 0.789. The van der Waals surface area contributed by atoms with E-state index < -0.39 is 0 Å². The third-order valence-corrected chi connectivity index (χ3v) is 3.35. The van der Waals surface area contributed by atoms with E-state index in [-0.39, 0.29) is 36.8 Å². The molecular weight excluding hydrogens is 304 g/mol. The zero-order chi connectivity index (χ0) is 15.4. The van der Waals surface area contributed by atoms with E-state index in [9.17, 15) is 9.59 Å². The van der Waals surface area contributed by atoms with E-state index in [0.29, 0.717) is 18.8 Å². The van der Waals surface area contributed by atoms with Crippen molar-refractivity contribution in [3.05, 3.63) is 23.8 Å². The predicted octanol–water partition coefficient (Wildman–Crippen LogP) is 1.88. The zero-order valence-electron chi connectivity index (χ0n) is 12.9.